The second kappa shape index (κ2) is 35.2. The number of carbonyl (C=O) groups excluding carboxylic acids is 3. The summed E-state index contributed by atoms with van der Waals surface area (Å²) in [7, 11) is 0. The summed E-state index contributed by atoms with van der Waals surface area (Å²) in [6, 6.07) is 31.0. The second-order valence-electron chi connectivity index (χ2n) is 21.9. The van der Waals surface area contributed by atoms with E-state index in [2.05, 4.69) is 32.1 Å². The number of fused-ring (bicyclic) bond motifs is 5. The predicted octanol–water partition coefficient (Wildman–Crippen LogP) is 8.12. The summed E-state index contributed by atoms with van der Waals surface area (Å²) in [6.07, 6.45) is 21.0. The summed E-state index contributed by atoms with van der Waals surface area (Å²) in [4.78, 5) is 57.6. The Hall–Kier alpha value is -5.93. The molecule has 3 radical (unpaired) electrons. The number of carboxylic acid groups (broad SMARTS) is 1. The average Bonchev–Trinajstić information content (AvgIpc) is 1.91. The van der Waals surface area contributed by atoms with E-state index in [1.165, 1.54) is 29.2 Å². The van der Waals surface area contributed by atoms with E-state index in [0.29, 0.717) is 48.2 Å². The van der Waals surface area contributed by atoms with Gasteiger partial charge in [0.25, 0.3) is 0 Å². The largest absolute Gasteiger partial charge is 1.00 e. The van der Waals surface area contributed by atoms with Crippen LogP contribution in [0.3, 0.4) is 0 Å². The predicted molar refractivity (Wildman–Crippen MR) is 327 cm³/mol. The van der Waals surface area contributed by atoms with Crippen molar-refractivity contribution >= 4 is 53.4 Å². The molecule has 5 unspecified atom stereocenters. The molecule has 9 N–H and O–H groups in total. The van der Waals surface area contributed by atoms with Crippen LogP contribution in [0.2, 0.25) is 0 Å². The van der Waals surface area contributed by atoms with Crippen LogP contribution in [0.5, 0.6) is 0 Å². The number of benzene rings is 5. The molecule has 16 nitrogen and oxygen atoms in total. The third kappa shape index (κ3) is 18.8. The Balaban J connectivity index is 0.000000194. The van der Waals surface area contributed by atoms with E-state index >= 15 is 0 Å². The van der Waals surface area contributed by atoms with Crippen molar-refractivity contribution < 1.29 is 79.6 Å². The van der Waals surface area contributed by atoms with Gasteiger partial charge in [0.2, 0.25) is 0 Å². The monoisotopic (exact) mass is 1200 g/mol. The number of hydrogen-bond acceptors (Lipinski definition) is 13. The number of aliphatic hydroxyl groups is 5. The Morgan fingerprint density at radius 1 is 0.663 bits per heavy atom. The molecule has 1 aliphatic heterocycles. The number of hydrogen-bond donors (Lipinski definition) is 9. The van der Waals surface area contributed by atoms with E-state index < -0.39 is 12.1 Å². The summed E-state index contributed by atoms with van der Waals surface area (Å²) in [5.74, 6) is -0.596. The molecule has 1 fully saturated rings. The third-order valence-electron chi connectivity index (χ3n) is 16.2. The molecule has 6 aliphatic rings. The summed E-state index contributed by atoms with van der Waals surface area (Å²) >= 11 is 5.00. The van der Waals surface area contributed by atoms with E-state index in [4.69, 9.17) is 31.9 Å². The molecule has 0 spiro atoms. The molecule has 3 heterocycles. The summed E-state index contributed by atoms with van der Waals surface area (Å²) in [6.45, 7) is 1.21. The van der Waals surface area contributed by atoms with Gasteiger partial charge in [-0.1, -0.05) is 91.0 Å². The van der Waals surface area contributed by atoms with Gasteiger partial charge >= 0.3 is 24.8 Å². The van der Waals surface area contributed by atoms with Crippen molar-refractivity contribution in [3.63, 3.8) is 0 Å². The fourth-order valence-corrected chi connectivity index (χ4v) is 12.2. The Labute approximate surface area is 532 Å². The van der Waals surface area contributed by atoms with Gasteiger partial charge in [0.05, 0.1) is 61.9 Å². The third-order valence-corrected chi connectivity index (χ3v) is 16.4. The first-order valence-electron chi connectivity index (χ1n) is 29.4. The number of aromatic carboxylic acids is 1. The van der Waals surface area contributed by atoms with Gasteiger partial charge in [-0.15, -0.1) is 0 Å². The normalized spacial score (nSPS) is 19.4. The maximum Gasteiger partial charge on any atom is 1.00 e. The number of carbonyl (C=O) groups is 4. The molecule has 0 saturated carbocycles. The Morgan fingerprint density at radius 3 is 1.88 bits per heavy atom. The number of aldehydes is 1. The quantitative estimate of drug-likeness (QED) is 0.0376. The number of aliphatic hydroxyl groups excluding tert-OH is 5. The number of Topliss-reactive ketones (excluding diaryl/α,β-unsaturated/α-hetero) is 2. The molecule has 2 aromatic heterocycles. The number of aryl methyl sites for hydroxylation is 5. The van der Waals surface area contributed by atoms with E-state index in [1.807, 2.05) is 79.0 Å². The van der Waals surface area contributed by atoms with Crippen LogP contribution >= 0.6 is 12.2 Å². The molecule has 5 aliphatic carbocycles. The zero-order valence-electron chi connectivity index (χ0n) is 50.1. The molecular weight excluding hydrogens is 1120 g/mol. The fraction of sp³-hybridized carbons (Fsp3) is 0.403. The van der Waals surface area contributed by atoms with E-state index in [9.17, 15) is 39.6 Å². The van der Waals surface area contributed by atoms with E-state index in [1.54, 1.807) is 12.1 Å². The van der Waals surface area contributed by atoms with Gasteiger partial charge in [-0.2, -0.15) is 0 Å². The fourth-order valence-electron chi connectivity index (χ4n) is 12.0. The molecule has 7 aromatic rings. The van der Waals surface area contributed by atoms with Gasteiger partial charge in [-0.05, 0) is 189 Å². The van der Waals surface area contributed by atoms with Crippen LogP contribution in [0.25, 0.3) is 0 Å². The Bertz CT molecular complexity index is 3340. The maximum absolute atomic E-state index is 12.6. The molecule has 86 heavy (non-hydrogen) atoms. The number of carboxylic acids is 1. The number of imidazole rings is 2. The van der Waals surface area contributed by atoms with Crippen LogP contribution in [-0.4, -0.2) is 105 Å². The van der Waals surface area contributed by atoms with Gasteiger partial charge < -0.3 is 56.5 Å². The molecule has 5 atom stereocenters. The maximum atomic E-state index is 12.6. The molecule has 0 amide bonds. The first-order chi connectivity index (χ1) is 40.9. The van der Waals surface area contributed by atoms with Crippen molar-refractivity contribution in [1.82, 2.24) is 19.9 Å². The number of H-pyrrole nitrogens is 3. The van der Waals surface area contributed by atoms with E-state index in [0.717, 1.165) is 159 Å². The Morgan fingerprint density at radius 2 is 1.27 bits per heavy atom. The number of nitrogens with one attached hydrogen (secondary N) is 3. The average molecular weight is 1200 g/mol. The zero-order chi connectivity index (χ0) is 59.4. The molecule has 449 valence electrons. The van der Waals surface area contributed by atoms with E-state index in [-0.39, 0.29) is 92.4 Å². The number of aromatic nitrogens is 4. The standard InChI is InChI=1S/C16H20O3.C15H16N2O2S.C11H12O3.C11H14O2.C10H12O.C4H4N2O.Al.Li.H/c17-14-8-4-6-12-5-3-7-13(16(12)14)11-19-15-9-1-2-10-18-15;18-8-11-3-1-2-9-4-5-10(14(19)13(9)11)6-12-7-16-15(20)17-12;12-9-6-2-4-7-3-1-5-8(10(7)9)11(13)14;12-7-9-5-1-3-8-4-2-6-10(13)11(8)9;11-10-7-3-5-8-4-1-2-6-9(8)10;7-2-4-1-5-3-6-4;;;/h3,5,7,15H,1-2,4,6,8-11H2;1-3,7,10,18H,4-6,8H2,(H2,16,17,20);1,3,5,9,12H,2,4,6H2,(H,13,14);1,3,5,10,12-13H,2,4,6-7H2;1-2,4,6,10-11H,3,5,7H2;1-3H,(H,5,6);;;/q;;;;;;;+1;-1. The van der Waals surface area contributed by atoms with Crippen LogP contribution < -0.4 is 18.9 Å². The minimum atomic E-state index is -0.956. The molecule has 1 saturated heterocycles. The summed E-state index contributed by atoms with van der Waals surface area (Å²) in [5.41, 5.74) is 14.4. The van der Waals surface area contributed by atoms with Crippen molar-refractivity contribution in [3.05, 3.63) is 210 Å². The van der Waals surface area contributed by atoms with Gasteiger partial charge in [-0.25, -0.2) is 9.78 Å². The Kier molecular flexibility index (Phi) is 28.3. The molecule has 5 aromatic carbocycles. The first-order valence-corrected chi connectivity index (χ1v) is 29.8. The van der Waals surface area contributed by atoms with Crippen molar-refractivity contribution in [3.8, 4) is 0 Å². The molecular formula is C67H79AlLiN4O12S. The molecule has 13 rings (SSSR count). The number of ketones is 2. The van der Waals surface area contributed by atoms with Gasteiger partial charge in [0.1, 0.15) is 0 Å². The molecule has 0 bridgehead atoms. The SMILES string of the molecule is O=C(O)c1cccc2c1C(O)CCC2.O=C1CCCc2cccc(COC3CCCCO3)c21.O=C1c2c(CO)cccc2CCC1Cc1c[nH]c(=S)[nH]1.O=Cc1cnc[nH]1.OC1CCCc2ccccc21.OCc1cccc2c1C(O)CCC2.[Al].[H-].[Li+]. The smallest absolute Gasteiger partial charge is 1.00 e. The number of nitrogens with zero attached hydrogens (tertiary/aromatic N) is 1. The number of rotatable bonds is 9. The van der Waals surface area contributed by atoms with Crippen molar-refractivity contribution in [1.29, 1.82) is 0 Å². The van der Waals surface area contributed by atoms with Gasteiger partial charge in [-0.3, -0.25) is 14.4 Å². The minimum absolute atomic E-state index is 0. The number of ether oxygens (including phenoxy) is 2. The zero-order valence-corrected chi connectivity index (χ0v) is 51.0. The van der Waals surface area contributed by atoms with Gasteiger partial charge in [0, 0.05) is 59.3 Å². The van der Waals surface area contributed by atoms with Crippen LogP contribution in [0.15, 0.2) is 116 Å². The van der Waals surface area contributed by atoms with Crippen LogP contribution in [0.4, 0.5) is 0 Å². The van der Waals surface area contributed by atoms with Crippen LogP contribution in [0.1, 0.15) is 205 Å². The van der Waals surface area contributed by atoms with Crippen LogP contribution in [-0.2, 0) is 67.8 Å². The van der Waals surface area contributed by atoms with Gasteiger partial charge in [0.15, 0.2) is 28.9 Å². The number of aromatic amines is 3. The first kappa shape index (κ1) is 69.2. The summed E-state index contributed by atoms with van der Waals surface area (Å²) in [5, 5.41) is 56.5. The van der Waals surface area contributed by atoms with Crippen molar-refractivity contribution in [2.45, 2.75) is 160 Å². The molecule has 19 heteroatoms. The van der Waals surface area contributed by atoms with Crippen molar-refractivity contribution in [2.24, 2.45) is 5.92 Å². The summed E-state index contributed by atoms with van der Waals surface area (Å²) < 4.78 is 12.0. The van der Waals surface area contributed by atoms with Crippen LogP contribution in [0, 0.1) is 10.7 Å². The topological polar surface area (TPSA) is 268 Å². The minimum Gasteiger partial charge on any atom is -1.00 e. The van der Waals surface area contributed by atoms with Crippen molar-refractivity contribution in [2.75, 3.05) is 6.61 Å². The second-order valence-corrected chi connectivity index (χ2v) is 22.3.